The molecule has 0 fully saturated rings. The average Bonchev–Trinajstić information content (AvgIpc) is 2.56. The molecule has 0 aliphatic carbocycles. The number of fused-ring (bicyclic) bond motifs is 1. The van der Waals surface area contributed by atoms with Crippen LogP contribution in [0.15, 0.2) is 47.3 Å². The summed E-state index contributed by atoms with van der Waals surface area (Å²) in [4.78, 5) is 21.6. The Hall–Kier alpha value is -2.37. The zero-order valence-corrected chi connectivity index (χ0v) is 15.0. The lowest BCUT2D eigenvalue weighted by Gasteiger charge is -2.16. The summed E-state index contributed by atoms with van der Waals surface area (Å²) in [6.07, 6.45) is 0. The molecule has 5 nitrogen and oxygen atoms in total. The minimum atomic E-state index is -0.147. The number of aromatic amines is 1. The minimum absolute atomic E-state index is 0.147. The van der Waals surface area contributed by atoms with Crippen LogP contribution in [0.1, 0.15) is 18.3 Å². The van der Waals surface area contributed by atoms with E-state index in [2.05, 4.69) is 14.9 Å². The van der Waals surface area contributed by atoms with Gasteiger partial charge in [0.15, 0.2) is 0 Å². The Balaban J connectivity index is 1.73. The Morgan fingerprint density at radius 2 is 1.92 bits per heavy atom. The van der Waals surface area contributed by atoms with Crippen molar-refractivity contribution in [1.82, 2.24) is 14.9 Å². The summed E-state index contributed by atoms with van der Waals surface area (Å²) in [5.74, 6) is 1.49. The summed E-state index contributed by atoms with van der Waals surface area (Å²) in [6.45, 7) is 3.89. The molecule has 3 aromatic rings. The van der Waals surface area contributed by atoms with Crippen molar-refractivity contribution >= 4 is 22.5 Å². The van der Waals surface area contributed by atoms with Gasteiger partial charge in [0, 0.05) is 11.6 Å². The van der Waals surface area contributed by atoms with E-state index in [1.807, 2.05) is 38.2 Å². The van der Waals surface area contributed by atoms with Gasteiger partial charge in [-0.2, -0.15) is 0 Å². The first-order chi connectivity index (χ1) is 12.0. The van der Waals surface area contributed by atoms with Crippen LogP contribution >= 0.6 is 11.6 Å². The highest BCUT2D eigenvalue weighted by molar-refractivity contribution is 6.31. The molecule has 0 aliphatic rings. The van der Waals surface area contributed by atoms with E-state index in [9.17, 15) is 4.79 Å². The Kier molecular flexibility index (Phi) is 5.36. The number of hydrogen-bond donors (Lipinski definition) is 1. The normalized spacial score (nSPS) is 11.2. The van der Waals surface area contributed by atoms with Crippen molar-refractivity contribution in [2.24, 2.45) is 0 Å². The second-order valence-electron chi connectivity index (χ2n) is 5.92. The maximum atomic E-state index is 12.2. The standard InChI is InChI=1S/C19H20ClN3O2/c1-3-25-15-7-4-13(5-8-15)11-23(2)12-18-21-17-10-14(20)6-9-16(17)19(24)22-18/h4-10H,3,11-12H2,1-2H3,(H,21,22,24). The third kappa shape index (κ3) is 4.38. The second-order valence-corrected chi connectivity index (χ2v) is 6.36. The van der Waals surface area contributed by atoms with Crippen LogP contribution in [0, 0.1) is 0 Å². The molecule has 1 heterocycles. The number of hydrogen-bond acceptors (Lipinski definition) is 4. The van der Waals surface area contributed by atoms with Gasteiger partial charge in [0.25, 0.3) is 5.56 Å². The molecule has 0 spiro atoms. The first-order valence-corrected chi connectivity index (χ1v) is 8.51. The van der Waals surface area contributed by atoms with Crippen molar-refractivity contribution < 1.29 is 4.74 Å². The molecule has 3 rings (SSSR count). The molecule has 1 N–H and O–H groups in total. The minimum Gasteiger partial charge on any atom is -0.494 e. The molecular weight excluding hydrogens is 338 g/mol. The molecule has 0 bridgehead atoms. The number of halogens is 1. The van der Waals surface area contributed by atoms with Crippen molar-refractivity contribution in [3.05, 3.63) is 69.2 Å². The van der Waals surface area contributed by atoms with Crippen LogP contribution < -0.4 is 10.3 Å². The summed E-state index contributed by atoms with van der Waals surface area (Å²) >= 11 is 6.00. The highest BCUT2D eigenvalue weighted by atomic mass is 35.5. The molecule has 0 atom stereocenters. The predicted molar refractivity (Wildman–Crippen MR) is 100 cm³/mol. The maximum absolute atomic E-state index is 12.2. The first-order valence-electron chi connectivity index (χ1n) is 8.14. The van der Waals surface area contributed by atoms with Gasteiger partial charge in [-0.1, -0.05) is 23.7 Å². The van der Waals surface area contributed by atoms with E-state index in [-0.39, 0.29) is 5.56 Å². The lowest BCUT2D eigenvalue weighted by Crippen LogP contribution is -2.21. The zero-order chi connectivity index (χ0) is 17.8. The van der Waals surface area contributed by atoms with E-state index in [0.717, 1.165) is 17.9 Å². The summed E-state index contributed by atoms with van der Waals surface area (Å²) in [6, 6.07) is 13.1. The monoisotopic (exact) mass is 357 g/mol. The quantitative estimate of drug-likeness (QED) is 0.732. The number of rotatable bonds is 6. The van der Waals surface area contributed by atoms with Gasteiger partial charge < -0.3 is 9.72 Å². The highest BCUT2D eigenvalue weighted by Gasteiger charge is 2.08. The van der Waals surface area contributed by atoms with Gasteiger partial charge in [0.1, 0.15) is 11.6 Å². The van der Waals surface area contributed by atoms with Crippen molar-refractivity contribution in [2.45, 2.75) is 20.0 Å². The molecule has 0 saturated carbocycles. The molecule has 1 aromatic heterocycles. The largest absolute Gasteiger partial charge is 0.494 e. The lowest BCUT2D eigenvalue weighted by molar-refractivity contribution is 0.310. The number of aromatic nitrogens is 2. The van der Waals surface area contributed by atoms with Gasteiger partial charge in [-0.25, -0.2) is 4.98 Å². The number of nitrogens with one attached hydrogen (secondary N) is 1. The fourth-order valence-corrected chi connectivity index (χ4v) is 2.88. The van der Waals surface area contributed by atoms with Crippen LogP contribution in [0.4, 0.5) is 0 Å². The molecule has 6 heteroatoms. The van der Waals surface area contributed by atoms with E-state index in [1.165, 1.54) is 0 Å². The van der Waals surface area contributed by atoms with Crippen LogP contribution in [0.2, 0.25) is 5.02 Å². The number of ether oxygens (including phenoxy) is 1. The average molecular weight is 358 g/mol. The van der Waals surface area contributed by atoms with Gasteiger partial charge in [0.2, 0.25) is 0 Å². The predicted octanol–water partition coefficient (Wildman–Crippen LogP) is 3.61. The molecule has 130 valence electrons. The van der Waals surface area contributed by atoms with E-state index >= 15 is 0 Å². The molecule has 0 unspecified atom stereocenters. The first kappa shape index (κ1) is 17.5. The van der Waals surface area contributed by atoms with Crippen LogP contribution in [0.5, 0.6) is 5.75 Å². The molecule has 25 heavy (non-hydrogen) atoms. The SMILES string of the molecule is CCOc1ccc(CN(C)Cc2nc3cc(Cl)ccc3c(=O)[nH]2)cc1. The van der Waals surface area contributed by atoms with Crippen LogP contribution in [0.25, 0.3) is 10.9 Å². The van der Waals surface area contributed by atoms with Gasteiger partial charge in [0.05, 0.1) is 24.1 Å². The third-order valence-corrected chi connectivity index (χ3v) is 4.06. The smallest absolute Gasteiger partial charge is 0.258 e. The maximum Gasteiger partial charge on any atom is 0.258 e. The van der Waals surface area contributed by atoms with Gasteiger partial charge in [-0.05, 0) is 49.9 Å². The Morgan fingerprint density at radius 1 is 1.16 bits per heavy atom. The fourth-order valence-electron chi connectivity index (χ4n) is 2.72. The molecule has 0 saturated heterocycles. The van der Waals surface area contributed by atoms with Gasteiger partial charge in [-0.15, -0.1) is 0 Å². The Bertz CT molecular complexity index is 922. The number of H-pyrrole nitrogens is 1. The van der Waals surface area contributed by atoms with E-state index in [1.54, 1.807) is 18.2 Å². The van der Waals surface area contributed by atoms with Crippen LogP contribution in [-0.4, -0.2) is 28.5 Å². The molecule has 0 radical (unpaired) electrons. The molecular formula is C19H20ClN3O2. The molecule has 2 aromatic carbocycles. The van der Waals surface area contributed by atoms with Crippen molar-refractivity contribution in [2.75, 3.05) is 13.7 Å². The topological polar surface area (TPSA) is 58.2 Å². The number of benzene rings is 2. The van der Waals surface area contributed by atoms with Crippen molar-refractivity contribution in [3.63, 3.8) is 0 Å². The second kappa shape index (κ2) is 7.68. The summed E-state index contributed by atoms with van der Waals surface area (Å²) in [5, 5.41) is 1.11. The van der Waals surface area contributed by atoms with E-state index in [4.69, 9.17) is 16.3 Å². The van der Waals surface area contributed by atoms with E-state index in [0.29, 0.717) is 34.9 Å². The fraction of sp³-hybridized carbons (Fsp3) is 0.263. The Labute approximate surface area is 151 Å². The summed E-state index contributed by atoms with van der Waals surface area (Å²) in [5.41, 5.74) is 1.63. The summed E-state index contributed by atoms with van der Waals surface area (Å²) in [7, 11) is 1.98. The highest BCUT2D eigenvalue weighted by Crippen LogP contribution is 2.16. The van der Waals surface area contributed by atoms with Crippen LogP contribution in [-0.2, 0) is 13.1 Å². The van der Waals surface area contributed by atoms with Crippen molar-refractivity contribution in [1.29, 1.82) is 0 Å². The van der Waals surface area contributed by atoms with Crippen LogP contribution in [0.3, 0.4) is 0 Å². The molecule has 0 aliphatic heterocycles. The molecule has 0 amide bonds. The van der Waals surface area contributed by atoms with Gasteiger partial charge in [-0.3, -0.25) is 9.69 Å². The lowest BCUT2D eigenvalue weighted by atomic mass is 10.2. The number of nitrogens with zero attached hydrogens (tertiary/aromatic N) is 2. The van der Waals surface area contributed by atoms with E-state index < -0.39 is 0 Å². The van der Waals surface area contributed by atoms with Gasteiger partial charge >= 0.3 is 0 Å². The zero-order valence-electron chi connectivity index (χ0n) is 14.3. The van der Waals surface area contributed by atoms with Crippen molar-refractivity contribution in [3.8, 4) is 5.75 Å². The summed E-state index contributed by atoms with van der Waals surface area (Å²) < 4.78 is 5.45. The third-order valence-electron chi connectivity index (χ3n) is 3.82. The Morgan fingerprint density at radius 3 is 2.64 bits per heavy atom.